The molecule has 1 amide bonds. The summed E-state index contributed by atoms with van der Waals surface area (Å²) in [4.78, 5) is 14.2. The normalized spacial score (nSPS) is 17.3. The van der Waals surface area contributed by atoms with Crippen molar-refractivity contribution in [2.24, 2.45) is 0 Å². The molecule has 2 aromatic carbocycles. The molecule has 6 heteroatoms. The first-order chi connectivity index (χ1) is 11.9. The molecule has 0 spiro atoms. The van der Waals surface area contributed by atoms with E-state index in [1.165, 1.54) is 0 Å². The van der Waals surface area contributed by atoms with Crippen LogP contribution in [0.4, 0.5) is 5.69 Å². The van der Waals surface area contributed by atoms with Gasteiger partial charge in [-0.25, -0.2) is 0 Å². The molecule has 0 aromatic heterocycles. The zero-order valence-corrected chi connectivity index (χ0v) is 15.4. The molecule has 1 heterocycles. The Bertz CT molecular complexity index is 915. The predicted octanol–water partition coefficient (Wildman–Crippen LogP) is 4.26. The number of carbonyl (C=O) groups is 1. The lowest BCUT2D eigenvalue weighted by molar-refractivity contribution is -0.118. The molecule has 1 aliphatic heterocycles. The molecule has 0 radical (unpaired) electrons. The van der Waals surface area contributed by atoms with Crippen LogP contribution in [-0.2, 0) is 4.79 Å². The van der Waals surface area contributed by atoms with E-state index < -0.39 is 12.1 Å². The lowest BCUT2D eigenvalue weighted by Gasteiger charge is -2.38. The highest BCUT2D eigenvalue weighted by Gasteiger charge is 2.34. The number of rotatable bonds is 2. The number of anilines is 1. The van der Waals surface area contributed by atoms with E-state index in [-0.39, 0.29) is 5.57 Å². The van der Waals surface area contributed by atoms with Gasteiger partial charge in [-0.05, 0) is 43.2 Å². The van der Waals surface area contributed by atoms with E-state index in [2.05, 4.69) is 24.0 Å². The van der Waals surface area contributed by atoms with Gasteiger partial charge in [0.15, 0.2) is 0 Å². The van der Waals surface area contributed by atoms with Gasteiger partial charge < -0.3 is 10.2 Å². The summed E-state index contributed by atoms with van der Waals surface area (Å²) in [5.41, 5.74) is 3.88. The van der Waals surface area contributed by atoms with E-state index in [1.807, 2.05) is 49.1 Å². The molecule has 1 N–H and O–H groups in total. The summed E-state index contributed by atoms with van der Waals surface area (Å²) in [5, 5.41) is 13.2. The molecule has 4 nitrogen and oxygen atoms in total. The Morgan fingerprint density at radius 1 is 1.20 bits per heavy atom. The molecule has 3 rings (SSSR count). The van der Waals surface area contributed by atoms with Crippen molar-refractivity contribution in [2.75, 3.05) is 4.90 Å². The SMILES string of the molecule is Cc1ccc(N2C(S)=C(C#N)C(=O)NC2c2ccc(Cl)cc2)c(C)c1. The Balaban J connectivity index is 2.19. The first-order valence-corrected chi connectivity index (χ1v) is 8.51. The molecular weight excluding hydrogens is 354 g/mol. The fourth-order valence-corrected chi connectivity index (χ4v) is 3.41. The van der Waals surface area contributed by atoms with Gasteiger partial charge in [0.05, 0.1) is 5.03 Å². The van der Waals surface area contributed by atoms with E-state index in [1.54, 1.807) is 12.1 Å². The van der Waals surface area contributed by atoms with E-state index in [0.29, 0.717) is 10.1 Å². The standard InChI is InChI=1S/C19H16ClN3OS/c1-11-3-8-16(12(2)9-11)23-17(13-4-6-14(20)7-5-13)22-18(24)15(10-21)19(23)25/h3-9,17,25H,1-2H3,(H,22,24). The average molecular weight is 370 g/mol. The van der Waals surface area contributed by atoms with Gasteiger partial charge in [0, 0.05) is 10.7 Å². The van der Waals surface area contributed by atoms with Crippen molar-refractivity contribution < 1.29 is 4.79 Å². The summed E-state index contributed by atoms with van der Waals surface area (Å²) in [6.07, 6.45) is -0.476. The van der Waals surface area contributed by atoms with Crippen molar-refractivity contribution in [2.45, 2.75) is 20.0 Å². The van der Waals surface area contributed by atoms with Crippen LogP contribution in [0.2, 0.25) is 5.02 Å². The van der Waals surface area contributed by atoms with E-state index in [9.17, 15) is 10.1 Å². The fraction of sp³-hybridized carbons (Fsp3) is 0.158. The van der Waals surface area contributed by atoms with Crippen LogP contribution in [0.25, 0.3) is 0 Å². The number of hydrogen-bond donors (Lipinski definition) is 2. The number of nitrogens with zero attached hydrogens (tertiary/aromatic N) is 2. The zero-order valence-electron chi connectivity index (χ0n) is 13.7. The van der Waals surface area contributed by atoms with Crippen LogP contribution < -0.4 is 10.2 Å². The van der Waals surface area contributed by atoms with Crippen LogP contribution in [0.3, 0.4) is 0 Å². The summed E-state index contributed by atoms with van der Waals surface area (Å²) >= 11 is 10.5. The molecule has 1 atom stereocenters. The number of hydrogen-bond acceptors (Lipinski definition) is 4. The van der Waals surface area contributed by atoms with Crippen LogP contribution >= 0.6 is 24.2 Å². The lowest BCUT2D eigenvalue weighted by atomic mass is 10.0. The van der Waals surface area contributed by atoms with Gasteiger partial charge in [0.1, 0.15) is 17.8 Å². The molecule has 2 aromatic rings. The van der Waals surface area contributed by atoms with Crippen LogP contribution in [0.1, 0.15) is 22.9 Å². The topological polar surface area (TPSA) is 56.1 Å². The zero-order chi connectivity index (χ0) is 18.1. The van der Waals surface area contributed by atoms with Crippen LogP contribution in [0.5, 0.6) is 0 Å². The number of nitrogens with one attached hydrogen (secondary N) is 1. The van der Waals surface area contributed by atoms with Gasteiger partial charge in [-0.3, -0.25) is 4.79 Å². The largest absolute Gasteiger partial charge is 0.327 e. The highest BCUT2D eigenvalue weighted by Crippen LogP contribution is 2.37. The van der Waals surface area contributed by atoms with Crippen LogP contribution in [0.15, 0.2) is 53.1 Å². The maximum absolute atomic E-state index is 12.3. The maximum atomic E-state index is 12.3. The van der Waals surface area contributed by atoms with Gasteiger partial charge >= 0.3 is 0 Å². The van der Waals surface area contributed by atoms with Crippen molar-refractivity contribution in [1.82, 2.24) is 5.32 Å². The molecule has 0 fully saturated rings. The van der Waals surface area contributed by atoms with Crippen molar-refractivity contribution in [1.29, 1.82) is 5.26 Å². The average Bonchev–Trinajstić information content (AvgIpc) is 2.57. The number of thiol groups is 1. The third-order valence-corrected chi connectivity index (χ3v) is 4.81. The third kappa shape index (κ3) is 3.23. The van der Waals surface area contributed by atoms with Crippen molar-refractivity contribution in [3.05, 3.63) is 74.8 Å². The van der Waals surface area contributed by atoms with Gasteiger partial charge in [0.25, 0.3) is 5.91 Å². The first-order valence-electron chi connectivity index (χ1n) is 7.68. The molecular formula is C19H16ClN3OS. The Morgan fingerprint density at radius 2 is 1.88 bits per heavy atom. The van der Waals surface area contributed by atoms with E-state index in [0.717, 1.165) is 22.4 Å². The molecule has 1 aliphatic rings. The van der Waals surface area contributed by atoms with Crippen LogP contribution in [-0.4, -0.2) is 5.91 Å². The smallest absolute Gasteiger partial charge is 0.266 e. The van der Waals surface area contributed by atoms with Crippen molar-refractivity contribution in [3.63, 3.8) is 0 Å². The second-order valence-electron chi connectivity index (χ2n) is 5.90. The van der Waals surface area contributed by atoms with E-state index >= 15 is 0 Å². The quantitative estimate of drug-likeness (QED) is 0.778. The summed E-state index contributed by atoms with van der Waals surface area (Å²) in [5.74, 6) is -0.437. The van der Waals surface area contributed by atoms with Gasteiger partial charge in [-0.1, -0.05) is 41.4 Å². The summed E-state index contributed by atoms with van der Waals surface area (Å²) < 4.78 is 0. The fourth-order valence-electron chi connectivity index (χ4n) is 2.91. The molecule has 25 heavy (non-hydrogen) atoms. The summed E-state index contributed by atoms with van der Waals surface area (Å²) in [6.45, 7) is 4.01. The molecule has 0 saturated heterocycles. The number of halogens is 1. The predicted molar refractivity (Wildman–Crippen MR) is 102 cm³/mol. The Hall–Kier alpha value is -2.42. The molecule has 0 bridgehead atoms. The van der Waals surface area contributed by atoms with Crippen LogP contribution in [0, 0.1) is 25.2 Å². The lowest BCUT2D eigenvalue weighted by Crippen LogP contribution is -2.46. The second kappa shape index (κ2) is 6.83. The monoisotopic (exact) mass is 369 g/mol. The minimum Gasteiger partial charge on any atom is -0.327 e. The van der Waals surface area contributed by atoms with Gasteiger partial charge in [-0.2, -0.15) is 5.26 Å². The van der Waals surface area contributed by atoms with E-state index in [4.69, 9.17) is 11.6 Å². The number of carbonyl (C=O) groups excluding carboxylic acids is 1. The van der Waals surface area contributed by atoms with Gasteiger partial charge in [0.2, 0.25) is 0 Å². The molecule has 0 aliphatic carbocycles. The first kappa shape index (κ1) is 17.4. The maximum Gasteiger partial charge on any atom is 0.266 e. The molecule has 126 valence electrons. The Kier molecular flexibility index (Phi) is 4.76. The third-order valence-electron chi connectivity index (χ3n) is 4.11. The molecule has 1 unspecified atom stereocenters. The number of aryl methyl sites for hydroxylation is 2. The Labute approximate surface area is 157 Å². The molecule has 0 saturated carbocycles. The minimum atomic E-state index is -0.476. The highest BCUT2D eigenvalue weighted by atomic mass is 35.5. The number of amides is 1. The highest BCUT2D eigenvalue weighted by molar-refractivity contribution is 7.84. The Morgan fingerprint density at radius 3 is 2.48 bits per heavy atom. The number of nitriles is 1. The number of benzene rings is 2. The van der Waals surface area contributed by atoms with Crippen molar-refractivity contribution >= 4 is 35.8 Å². The minimum absolute atomic E-state index is 0.00600. The van der Waals surface area contributed by atoms with Gasteiger partial charge in [-0.15, -0.1) is 12.6 Å². The summed E-state index contributed by atoms with van der Waals surface area (Å²) in [7, 11) is 0. The summed E-state index contributed by atoms with van der Waals surface area (Å²) in [6, 6.07) is 15.2. The second-order valence-corrected chi connectivity index (χ2v) is 6.76. The van der Waals surface area contributed by atoms with Crippen molar-refractivity contribution in [3.8, 4) is 6.07 Å².